The molecule has 0 aliphatic rings. The van der Waals surface area contributed by atoms with E-state index in [4.69, 9.17) is 10.6 Å². The zero-order chi connectivity index (χ0) is 8.81. The van der Waals surface area contributed by atoms with Gasteiger partial charge in [0.05, 0.1) is 12.8 Å². The van der Waals surface area contributed by atoms with Crippen molar-refractivity contribution < 1.29 is 4.74 Å². The SMILES string of the molecule is CCOc1ccccc1C=NN. The number of hydrogen-bond donors (Lipinski definition) is 1. The molecule has 2 N–H and O–H groups in total. The van der Waals surface area contributed by atoms with Crippen LogP contribution in [0, 0.1) is 0 Å². The van der Waals surface area contributed by atoms with E-state index < -0.39 is 0 Å². The van der Waals surface area contributed by atoms with Crippen LogP contribution in [0.4, 0.5) is 0 Å². The van der Waals surface area contributed by atoms with Gasteiger partial charge in [-0.05, 0) is 19.1 Å². The lowest BCUT2D eigenvalue weighted by Gasteiger charge is -2.04. The van der Waals surface area contributed by atoms with E-state index in [1.54, 1.807) is 6.21 Å². The molecule has 0 aliphatic carbocycles. The highest BCUT2D eigenvalue weighted by molar-refractivity contribution is 5.83. The first-order valence-corrected chi connectivity index (χ1v) is 3.83. The number of para-hydroxylation sites is 1. The normalized spacial score (nSPS) is 10.4. The summed E-state index contributed by atoms with van der Waals surface area (Å²) < 4.78 is 5.34. The Hall–Kier alpha value is -1.51. The first kappa shape index (κ1) is 8.59. The van der Waals surface area contributed by atoms with Crippen molar-refractivity contribution in [2.45, 2.75) is 6.92 Å². The van der Waals surface area contributed by atoms with Gasteiger partial charge in [-0.2, -0.15) is 5.10 Å². The minimum absolute atomic E-state index is 0.648. The maximum absolute atomic E-state index is 5.34. The van der Waals surface area contributed by atoms with Gasteiger partial charge in [-0.25, -0.2) is 0 Å². The summed E-state index contributed by atoms with van der Waals surface area (Å²) in [5.41, 5.74) is 0.904. The average Bonchev–Trinajstić information content (AvgIpc) is 2.09. The van der Waals surface area contributed by atoms with Gasteiger partial charge in [0.1, 0.15) is 5.75 Å². The monoisotopic (exact) mass is 164 g/mol. The molecule has 0 fully saturated rings. The second-order valence-electron chi connectivity index (χ2n) is 2.25. The van der Waals surface area contributed by atoms with Gasteiger partial charge in [0, 0.05) is 5.56 Å². The number of nitrogens with zero attached hydrogens (tertiary/aromatic N) is 1. The molecule has 0 amide bonds. The molecule has 1 aromatic rings. The van der Waals surface area contributed by atoms with Crippen LogP contribution in [0.1, 0.15) is 12.5 Å². The molecular formula is C9H12N2O. The number of hydrazone groups is 1. The smallest absolute Gasteiger partial charge is 0.128 e. The molecule has 0 spiro atoms. The molecule has 3 nitrogen and oxygen atoms in total. The minimum Gasteiger partial charge on any atom is -0.493 e. The summed E-state index contributed by atoms with van der Waals surface area (Å²) in [4.78, 5) is 0. The third kappa shape index (κ3) is 1.99. The van der Waals surface area contributed by atoms with Crippen molar-refractivity contribution in [1.29, 1.82) is 0 Å². The van der Waals surface area contributed by atoms with Crippen molar-refractivity contribution in [2.24, 2.45) is 10.9 Å². The lowest BCUT2D eigenvalue weighted by molar-refractivity contribution is 0.340. The van der Waals surface area contributed by atoms with Crippen molar-refractivity contribution in [3.63, 3.8) is 0 Å². The molecule has 1 rings (SSSR count). The second kappa shape index (κ2) is 4.38. The van der Waals surface area contributed by atoms with Crippen LogP contribution in [0.5, 0.6) is 5.75 Å². The summed E-state index contributed by atoms with van der Waals surface area (Å²) in [5.74, 6) is 5.85. The number of benzene rings is 1. The van der Waals surface area contributed by atoms with Gasteiger partial charge in [0.25, 0.3) is 0 Å². The van der Waals surface area contributed by atoms with E-state index in [1.165, 1.54) is 0 Å². The van der Waals surface area contributed by atoms with E-state index >= 15 is 0 Å². The molecular weight excluding hydrogens is 152 g/mol. The Morgan fingerprint density at radius 3 is 2.92 bits per heavy atom. The summed E-state index contributed by atoms with van der Waals surface area (Å²) in [6, 6.07) is 7.63. The van der Waals surface area contributed by atoms with Gasteiger partial charge in [0.2, 0.25) is 0 Å². The van der Waals surface area contributed by atoms with E-state index in [2.05, 4.69) is 5.10 Å². The van der Waals surface area contributed by atoms with Crippen LogP contribution in [0.2, 0.25) is 0 Å². The van der Waals surface area contributed by atoms with Crippen molar-refractivity contribution in [1.82, 2.24) is 0 Å². The maximum Gasteiger partial charge on any atom is 0.128 e. The molecule has 0 heterocycles. The molecule has 0 saturated heterocycles. The van der Waals surface area contributed by atoms with E-state index in [1.807, 2.05) is 31.2 Å². The van der Waals surface area contributed by atoms with Gasteiger partial charge in [-0.3, -0.25) is 0 Å². The molecule has 0 radical (unpaired) electrons. The molecule has 0 unspecified atom stereocenters. The Balaban J connectivity index is 2.91. The number of hydrogen-bond acceptors (Lipinski definition) is 3. The van der Waals surface area contributed by atoms with Gasteiger partial charge >= 0.3 is 0 Å². The first-order chi connectivity index (χ1) is 5.88. The van der Waals surface area contributed by atoms with Crippen LogP contribution in [-0.4, -0.2) is 12.8 Å². The number of nitrogens with two attached hydrogens (primary N) is 1. The second-order valence-corrected chi connectivity index (χ2v) is 2.25. The summed E-state index contributed by atoms with van der Waals surface area (Å²) in [5, 5.41) is 3.44. The fourth-order valence-corrected chi connectivity index (χ4v) is 0.954. The summed E-state index contributed by atoms with van der Waals surface area (Å²) in [7, 11) is 0. The number of ether oxygens (including phenoxy) is 1. The topological polar surface area (TPSA) is 47.6 Å². The van der Waals surface area contributed by atoms with E-state index in [0.29, 0.717) is 6.61 Å². The minimum atomic E-state index is 0.648. The Bertz CT molecular complexity index is 271. The van der Waals surface area contributed by atoms with Crippen molar-refractivity contribution >= 4 is 6.21 Å². The summed E-state index contributed by atoms with van der Waals surface area (Å²) in [6.45, 7) is 2.59. The molecule has 64 valence electrons. The predicted molar refractivity (Wildman–Crippen MR) is 49.4 cm³/mol. The summed E-state index contributed by atoms with van der Waals surface area (Å²) in [6.07, 6.45) is 1.57. The average molecular weight is 164 g/mol. The Morgan fingerprint density at radius 2 is 2.25 bits per heavy atom. The standard InChI is InChI=1S/C9H12N2O/c1-2-12-9-6-4-3-5-8(9)7-11-10/h3-7H,2,10H2,1H3. The van der Waals surface area contributed by atoms with Crippen LogP contribution in [0.3, 0.4) is 0 Å². The van der Waals surface area contributed by atoms with Gasteiger partial charge in [0.15, 0.2) is 0 Å². The highest BCUT2D eigenvalue weighted by atomic mass is 16.5. The highest BCUT2D eigenvalue weighted by Gasteiger charge is 1.97. The molecule has 3 heteroatoms. The van der Waals surface area contributed by atoms with Crippen molar-refractivity contribution in [3.05, 3.63) is 29.8 Å². The Labute approximate surface area is 71.8 Å². The van der Waals surface area contributed by atoms with Crippen LogP contribution in [-0.2, 0) is 0 Å². The third-order valence-corrected chi connectivity index (χ3v) is 1.43. The zero-order valence-electron chi connectivity index (χ0n) is 7.03. The Kier molecular flexibility index (Phi) is 3.14. The van der Waals surface area contributed by atoms with E-state index in [-0.39, 0.29) is 0 Å². The van der Waals surface area contributed by atoms with Crippen LogP contribution in [0.15, 0.2) is 29.4 Å². The Morgan fingerprint density at radius 1 is 1.50 bits per heavy atom. The third-order valence-electron chi connectivity index (χ3n) is 1.43. The van der Waals surface area contributed by atoms with E-state index in [9.17, 15) is 0 Å². The fraction of sp³-hybridized carbons (Fsp3) is 0.222. The number of rotatable bonds is 3. The van der Waals surface area contributed by atoms with Gasteiger partial charge < -0.3 is 10.6 Å². The fourth-order valence-electron chi connectivity index (χ4n) is 0.954. The molecule has 1 aromatic carbocycles. The zero-order valence-corrected chi connectivity index (χ0v) is 7.03. The quantitative estimate of drug-likeness (QED) is 0.416. The molecule has 0 saturated carbocycles. The van der Waals surface area contributed by atoms with Crippen LogP contribution >= 0.6 is 0 Å². The lowest BCUT2D eigenvalue weighted by atomic mass is 10.2. The van der Waals surface area contributed by atoms with Crippen LogP contribution in [0.25, 0.3) is 0 Å². The van der Waals surface area contributed by atoms with Gasteiger partial charge in [-0.1, -0.05) is 12.1 Å². The summed E-state index contributed by atoms with van der Waals surface area (Å²) >= 11 is 0. The maximum atomic E-state index is 5.34. The predicted octanol–water partition coefficient (Wildman–Crippen LogP) is 1.38. The highest BCUT2D eigenvalue weighted by Crippen LogP contribution is 2.15. The molecule has 0 atom stereocenters. The molecule has 0 bridgehead atoms. The molecule has 0 aromatic heterocycles. The molecule has 12 heavy (non-hydrogen) atoms. The van der Waals surface area contributed by atoms with Crippen LogP contribution < -0.4 is 10.6 Å². The van der Waals surface area contributed by atoms with E-state index in [0.717, 1.165) is 11.3 Å². The molecule has 0 aliphatic heterocycles. The first-order valence-electron chi connectivity index (χ1n) is 3.83. The van der Waals surface area contributed by atoms with Crippen molar-refractivity contribution in [3.8, 4) is 5.75 Å². The lowest BCUT2D eigenvalue weighted by Crippen LogP contribution is -1.96. The van der Waals surface area contributed by atoms with Gasteiger partial charge in [-0.15, -0.1) is 0 Å². The largest absolute Gasteiger partial charge is 0.493 e. The van der Waals surface area contributed by atoms with Crippen molar-refractivity contribution in [2.75, 3.05) is 6.61 Å².